The van der Waals surface area contributed by atoms with E-state index in [1.807, 2.05) is 0 Å². The summed E-state index contributed by atoms with van der Waals surface area (Å²) < 4.78 is 6.01. The molecule has 0 aromatic carbocycles. The van der Waals surface area contributed by atoms with Crippen LogP contribution in [0.2, 0.25) is 19.1 Å². The highest BCUT2D eigenvalue weighted by Crippen LogP contribution is 2.18. The summed E-state index contributed by atoms with van der Waals surface area (Å²) in [7, 11) is -1.35. The van der Waals surface area contributed by atoms with Crippen LogP contribution in [0.25, 0.3) is 0 Å². The summed E-state index contributed by atoms with van der Waals surface area (Å²) in [6, 6.07) is 1.32. The van der Waals surface area contributed by atoms with Crippen LogP contribution >= 0.6 is 12.6 Å². The van der Waals surface area contributed by atoms with Crippen LogP contribution in [0.3, 0.4) is 0 Å². The van der Waals surface area contributed by atoms with E-state index in [9.17, 15) is 0 Å². The maximum absolute atomic E-state index is 6.01. The van der Waals surface area contributed by atoms with Crippen molar-refractivity contribution < 1.29 is 4.43 Å². The van der Waals surface area contributed by atoms with E-state index in [-0.39, 0.29) is 0 Å². The van der Waals surface area contributed by atoms with Crippen molar-refractivity contribution in [3.8, 4) is 0 Å². The van der Waals surface area contributed by atoms with E-state index < -0.39 is 8.32 Å². The number of rotatable bonds is 10. The molecule has 0 radical (unpaired) electrons. The molecular formula is C13H30OSSi. The maximum Gasteiger partial charge on any atom is 0.187 e. The second kappa shape index (κ2) is 9.55. The van der Waals surface area contributed by atoms with Crippen molar-refractivity contribution in [3.05, 3.63) is 0 Å². The van der Waals surface area contributed by atoms with Crippen molar-refractivity contribution >= 4 is 20.9 Å². The summed E-state index contributed by atoms with van der Waals surface area (Å²) in [6.45, 7) is 8.97. The lowest BCUT2D eigenvalue weighted by molar-refractivity contribution is 0.230. The van der Waals surface area contributed by atoms with E-state index >= 15 is 0 Å². The van der Waals surface area contributed by atoms with Crippen LogP contribution < -0.4 is 0 Å². The van der Waals surface area contributed by atoms with Crippen LogP contribution in [0.5, 0.6) is 0 Å². The van der Waals surface area contributed by atoms with Gasteiger partial charge in [-0.2, -0.15) is 12.6 Å². The number of unbranched alkanes of at least 4 members (excludes halogenated alkanes) is 5. The third kappa shape index (κ3) is 11.0. The number of hydrogen-bond donors (Lipinski definition) is 1. The molecule has 0 spiro atoms. The molecule has 1 nitrogen and oxygen atoms in total. The summed E-state index contributed by atoms with van der Waals surface area (Å²) in [5.41, 5.74) is 0. The molecule has 0 fully saturated rings. The zero-order valence-corrected chi connectivity index (χ0v) is 13.5. The SMILES string of the molecule is CC(C)O[Si](C)(C)CCCCCCCCS. The molecule has 0 atom stereocenters. The molecule has 0 unspecified atom stereocenters. The monoisotopic (exact) mass is 262 g/mol. The predicted molar refractivity (Wildman–Crippen MR) is 80.1 cm³/mol. The van der Waals surface area contributed by atoms with Crippen LogP contribution in [0.4, 0.5) is 0 Å². The van der Waals surface area contributed by atoms with Gasteiger partial charge in [-0.15, -0.1) is 0 Å². The lowest BCUT2D eigenvalue weighted by Gasteiger charge is -2.25. The van der Waals surface area contributed by atoms with Gasteiger partial charge < -0.3 is 4.43 Å². The first kappa shape index (κ1) is 16.5. The van der Waals surface area contributed by atoms with E-state index in [1.165, 1.54) is 44.6 Å². The first-order valence-electron chi connectivity index (χ1n) is 6.76. The molecule has 0 saturated heterocycles. The third-order valence-corrected chi connectivity index (χ3v) is 5.73. The second-order valence-corrected chi connectivity index (χ2v) is 10.2. The van der Waals surface area contributed by atoms with Crippen LogP contribution in [0, 0.1) is 0 Å². The van der Waals surface area contributed by atoms with E-state index in [4.69, 9.17) is 4.43 Å². The van der Waals surface area contributed by atoms with Gasteiger partial charge in [-0.1, -0.05) is 32.1 Å². The molecule has 98 valence electrons. The molecule has 0 N–H and O–H groups in total. The van der Waals surface area contributed by atoms with E-state index in [0.29, 0.717) is 6.10 Å². The average molecular weight is 263 g/mol. The van der Waals surface area contributed by atoms with Gasteiger partial charge in [-0.3, -0.25) is 0 Å². The molecule has 0 bridgehead atoms. The van der Waals surface area contributed by atoms with Crippen molar-refractivity contribution in [1.82, 2.24) is 0 Å². The molecule has 0 heterocycles. The Hall–Kier alpha value is 0.527. The van der Waals surface area contributed by atoms with Gasteiger partial charge in [0.05, 0.1) is 0 Å². The molecule has 0 aromatic rings. The van der Waals surface area contributed by atoms with Gasteiger partial charge in [0.1, 0.15) is 0 Å². The summed E-state index contributed by atoms with van der Waals surface area (Å²) >= 11 is 4.22. The molecule has 0 aliphatic heterocycles. The van der Waals surface area contributed by atoms with Crippen LogP contribution in [-0.4, -0.2) is 20.2 Å². The number of hydrogen-bond acceptors (Lipinski definition) is 2. The highest BCUT2D eigenvalue weighted by molar-refractivity contribution is 7.80. The lowest BCUT2D eigenvalue weighted by atomic mass is 10.1. The van der Waals surface area contributed by atoms with Crippen molar-refractivity contribution in [2.45, 2.75) is 77.6 Å². The quantitative estimate of drug-likeness (QED) is 0.335. The van der Waals surface area contributed by atoms with Gasteiger partial charge in [-0.05, 0) is 45.2 Å². The van der Waals surface area contributed by atoms with Gasteiger partial charge >= 0.3 is 0 Å². The average Bonchev–Trinajstić information content (AvgIpc) is 2.14. The fourth-order valence-corrected chi connectivity index (χ4v) is 4.79. The van der Waals surface area contributed by atoms with Gasteiger partial charge in [-0.25, -0.2) is 0 Å². The summed E-state index contributed by atoms with van der Waals surface area (Å²) in [5.74, 6) is 1.04. The summed E-state index contributed by atoms with van der Waals surface area (Å²) in [5, 5.41) is 0. The fraction of sp³-hybridized carbons (Fsp3) is 1.00. The zero-order chi connectivity index (χ0) is 12.4. The largest absolute Gasteiger partial charge is 0.415 e. The fourth-order valence-electron chi connectivity index (χ4n) is 2.07. The molecule has 0 aromatic heterocycles. The zero-order valence-electron chi connectivity index (χ0n) is 11.6. The normalized spacial score (nSPS) is 12.4. The van der Waals surface area contributed by atoms with E-state index in [2.05, 4.69) is 39.6 Å². The van der Waals surface area contributed by atoms with Crippen molar-refractivity contribution in [2.75, 3.05) is 5.75 Å². The Labute approximate surface area is 109 Å². The Morgan fingerprint density at radius 1 is 0.938 bits per heavy atom. The Balaban J connectivity index is 3.36. The molecule has 3 heteroatoms. The van der Waals surface area contributed by atoms with Gasteiger partial charge in [0.2, 0.25) is 0 Å². The van der Waals surface area contributed by atoms with E-state index in [1.54, 1.807) is 0 Å². The van der Waals surface area contributed by atoms with Crippen molar-refractivity contribution in [2.24, 2.45) is 0 Å². The minimum absolute atomic E-state index is 0.400. The Kier molecular flexibility index (Phi) is 9.86. The minimum atomic E-state index is -1.35. The highest BCUT2D eigenvalue weighted by Gasteiger charge is 2.22. The first-order valence-corrected chi connectivity index (χ1v) is 10.5. The number of thiol groups is 1. The van der Waals surface area contributed by atoms with Crippen LogP contribution in [-0.2, 0) is 4.43 Å². The summed E-state index contributed by atoms with van der Waals surface area (Å²) in [4.78, 5) is 0. The molecule has 0 rings (SSSR count). The third-order valence-electron chi connectivity index (χ3n) is 2.74. The standard InChI is InChI=1S/C13H30OSSi/c1-13(2)14-16(3,4)12-10-8-6-5-7-9-11-15/h13,15H,5-12H2,1-4H3. The molecule has 16 heavy (non-hydrogen) atoms. The molecule has 0 aliphatic carbocycles. The Bertz CT molecular complexity index is 160. The predicted octanol–water partition coefficient (Wildman–Crippen LogP) is 4.89. The molecule has 0 amide bonds. The lowest BCUT2D eigenvalue weighted by Crippen LogP contribution is -2.33. The molecular weight excluding hydrogens is 232 g/mol. The first-order chi connectivity index (χ1) is 7.48. The summed E-state index contributed by atoms with van der Waals surface area (Å²) in [6.07, 6.45) is 8.54. The van der Waals surface area contributed by atoms with Crippen LogP contribution in [0.1, 0.15) is 52.4 Å². The van der Waals surface area contributed by atoms with Gasteiger partial charge in [0.15, 0.2) is 8.32 Å². The minimum Gasteiger partial charge on any atom is -0.415 e. The maximum atomic E-state index is 6.01. The smallest absolute Gasteiger partial charge is 0.187 e. The van der Waals surface area contributed by atoms with E-state index in [0.717, 1.165) is 5.75 Å². The second-order valence-electron chi connectivity index (χ2n) is 5.52. The molecule has 0 aliphatic rings. The highest BCUT2D eigenvalue weighted by atomic mass is 32.1. The van der Waals surface area contributed by atoms with Crippen LogP contribution in [0.15, 0.2) is 0 Å². The Morgan fingerprint density at radius 2 is 1.44 bits per heavy atom. The molecule has 0 saturated carbocycles. The van der Waals surface area contributed by atoms with Gasteiger partial charge in [0, 0.05) is 6.10 Å². The van der Waals surface area contributed by atoms with Crippen molar-refractivity contribution in [1.29, 1.82) is 0 Å². The topological polar surface area (TPSA) is 9.23 Å². The van der Waals surface area contributed by atoms with Crippen molar-refractivity contribution in [3.63, 3.8) is 0 Å². The van der Waals surface area contributed by atoms with Gasteiger partial charge in [0.25, 0.3) is 0 Å². The Morgan fingerprint density at radius 3 is 1.94 bits per heavy atom.